The Bertz CT molecular complexity index is 925. The van der Waals surface area contributed by atoms with Gasteiger partial charge in [-0.3, -0.25) is 14.6 Å². The molecule has 6 heteroatoms. The number of amides is 1. The van der Waals surface area contributed by atoms with Crippen molar-refractivity contribution >= 4 is 34.9 Å². The number of halogens is 1. The van der Waals surface area contributed by atoms with Crippen molar-refractivity contribution in [3.63, 3.8) is 0 Å². The van der Waals surface area contributed by atoms with E-state index < -0.39 is 6.04 Å². The van der Waals surface area contributed by atoms with E-state index in [4.69, 9.17) is 21.3 Å². The van der Waals surface area contributed by atoms with Crippen LogP contribution in [-0.2, 0) is 14.3 Å². The number of nitrogens with zero attached hydrogens (tertiary/aromatic N) is 2. The summed E-state index contributed by atoms with van der Waals surface area (Å²) in [6.45, 7) is 6.26. The highest BCUT2D eigenvalue weighted by molar-refractivity contribution is 6.32. The maximum atomic E-state index is 13.4. The molecule has 1 aliphatic heterocycles. The lowest BCUT2D eigenvalue weighted by atomic mass is 10.00. The number of aliphatic imine (C=N–C) groups is 1. The van der Waals surface area contributed by atoms with Gasteiger partial charge in [-0.05, 0) is 31.0 Å². The van der Waals surface area contributed by atoms with Crippen LogP contribution in [0.15, 0.2) is 53.5 Å². The van der Waals surface area contributed by atoms with Gasteiger partial charge in [0, 0.05) is 22.7 Å². The third kappa shape index (κ3) is 4.67. The lowest BCUT2D eigenvalue weighted by Crippen LogP contribution is -2.41. The number of ether oxygens (including phenoxy) is 1. The summed E-state index contributed by atoms with van der Waals surface area (Å²) in [4.78, 5) is 31.9. The number of hydrogen-bond donors (Lipinski definition) is 0. The van der Waals surface area contributed by atoms with Gasteiger partial charge in [-0.2, -0.15) is 0 Å². The van der Waals surface area contributed by atoms with Crippen LogP contribution < -0.4 is 4.90 Å². The molecular weight excluding hydrogens is 388 g/mol. The van der Waals surface area contributed by atoms with E-state index in [0.717, 1.165) is 16.8 Å². The summed E-state index contributed by atoms with van der Waals surface area (Å²) >= 11 is 6.30. The number of esters is 1. The van der Waals surface area contributed by atoms with E-state index in [1.54, 1.807) is 17.9 Å². The van der Waals surface area contributed by atoms with Gasteiger partial charge in [-0.25, -0.2) is 0 Å². The van der Waals surface area contributed by atoms with Crippen LogP contribution in [-0.4, -0.2) is 36.8 Å². The summed E-state index contributed by atoms with van der Waals surface area (Å²) in [5, 5.41) is 0.563. The molecule has 0 aromatic heterocycles. The van der Waals surface area contributed by atoms with Gasteiger partial charge < -0.3 is 9.64 Å². The van der Waals surface area contributed by atoms with Gasteiger partial charge in [0.05, 0.1) is 24.4 Å². The van der Waals surface area contributed by atoms with Crippen LogP contribution in [0.1, 0.15) is 38.3 Å². The van der Waals surface area contributed by atoms with Crippen LogP contribution in [0.2, 0.25) is 5.02 Å². The molecule has 29 heavy (non-hydrogen) atoms. The minimum Gasteiger partial charge on any atom is -0.466 e. The normalized spacial score (nSPS) is 16.3. The SMILES string of the molecule is CCOC(=O)CCN1C(=O)[C@H](C(C)C)N=C(c2ccccc2)c2cc(Cl)ccc21. The molecule has 1 amide bonds. The predicted molar refractivity (Wildman–Crippen MR) is 116 cm³/mol. The molecule has 3 rings (SSSR count). The lowest BCUT2D eigenvalue weighted by molar-refractivity contribution is -0.142. The quantitative estimate of drug-likeness (QED) is 0.656. The highest BCUT2D eigenvalue weighted by Crippen LogP contribution is 2.32. The Morgan fingerprint density at radius 2 is 1.93 bits per heavy atom. The standard InChI is InChI=1S/C23H25ClN2O3/c1-4-29-20(27)12-13-26-19-11-10-17(24)14-18(19)22(16-8-6-5-7-9-16)25-21(15(2)3)23(26)28/h5-11,14-15,21H,4,12-13H2,1-3H3/t21-/m0/s1. The maximum absolute atomic E-state index is 13.4. The first kappa shape index (κ1) is 21.1. The average molecular weight is 413 g/mol. The van der Waals surface area contributed by atoms with E-state index in [9.17, 15) is 9.59 Å². The summed E-state index contributed by atoms with van der Waals surface area (Å²) < 4.78 is 5.04. The van der Waals surface area contributed by atoms with Crippen LogP contribution in [0.4, 0.5) is 5.69 Å². The minimum absolute atomic E-state index is 0.00362. The Morgan fingerprint density at radius 3 is 2.59 bits per heavy atom. The zero-order chi connectivity index (χ0) is 21.0. The van der Waals surface area contributed by atoms with Gasteiger partial charge >= 0.3 is 5.97 Å². The van der Waals surface area contributed by atoms with E-state index >= 15 is 0 Å². The Morgan fingerprint density at radius 1 is 1.21 bits per heavy atom. The fourth-order valence-corrected chi connectivity index (χ4v) is 3.57. The number of rotatable bonds is 6. The fraction of sp³-hybridized carbons (Fsp3) is 0.348. The van der Waals surface area contributed by atoms with Gasteiger partial charge in [0.1, 0.15) is 6.04 Å². The van der Waals surface area contributed by atoms with Crippen LogP contribution in [0.5, 0.6) is 0 Å². The number of carbonyl (C=O) groups excluding carboxylic acids is 2. The molecule has 5 nitrogen and oxygen atoms in total. The number of fused-ring (bicyclic) bond motifs is 1. The molecule has 0 unspecified atom stereocenters. The zero-order valence-electron chi connectivity index (χ0n) is 16.9. The first-order chi connectivity index (χ1) is 13.9. The van der Waals surface area contributed by atoms with Crippen molar-refractivity contribution in [1.82, 2.24) is 0 Å². The van der Waals surface area contributed by atoms with Crippen molar-refractivity contribution in [2.45, 2.75) is 33.2 Å². The van der Waals surface area contributed by atoms with Gasteiger partial charge in [-0.1, -0.05) is 55.8 Å². The summed E-state index contributed by atoms with van der Waals surface area (Å²) in [5.74, 6) is -0.458. The molecule has 1 heterocycles. The largest absolute Gasteiger partial charge is 0.466 e. The second-order valence-corrected chi connectivity index (χ2v) is 7.68. The van der Waals surface area contributed by atoms with Crippen molar-refractivity contribution < 1.29 is 14.3 Å². The van der Waals surface area contributed by atoms with Gasteiger partial charge in [0.25, 0.3) is 5.91 Å². The molecule has 0 bridgehead atoms. The van der Waals surface area contributed by atoms with Gasteiger partial charge in [-0.15, -0.1) is 0 Å². The topological polar surface area (TPSA) is 59.0 Å². The second-order valence-electron chi connectivity index (χ2n) is 7.24. The Labute approximate surface area is 176 Å². The predicted octanol–water partition coefficient (Wildman–Crippen LogP) is 4.50. The molecule has 0 spiro atoms. The van der Waals surface area contributed by atoms with Crippen LogP contribution in [0.25, 0.3) is 0 Å². The maximum Gasteiger partial charge on any atom is 0.307 e. The van der Waals surface area contributed by atoms with Crippen molar-refractivity contribution in [2.24, 2.45) is 10.9 Å². The highest BCUT2D eigenvalue weighted by Gasteiger charge is 2.34. The summed E-state index contributed by atoms with van der Waals surface area (Å²) in [7, 11) is 0. The zero-order valence-corrected chi connectivity index (χ0v) is 17.6. The van der Waals surface area contributed by atoms with E-state index in [-0.39, 0.29) is 30.8 Å². The van der Waals surface area contributed by atoms with Crippen LogP contribution >= 0.6 is 11.6 Å². The summed E-state index contributed by atoms with van der Waals surface area (Å²) in [6, 6.07) is 14.6. The molecular formula is C23H25ClN2O3. The van der Waals surface area contributed by atoms with Crippen LogP contribution in [0, 0.1) is 5.92 Å². The number of hydrogen-bond acceptors (Lipinski definition) is 4. The van der Waals surface area contributed by atoms with E-state index in [1.807, 2.05) is 56.3 Å². The molecule has 0 saturated heterocycles. The molecule has 0 radical (unpaired) electrons. The third-order valence-electron chi connectivity index (χ3n) is 4.82. The monoisotopic (exact) mass is 412 g/mol. The molecule has 1 aliphatic rings. The van der Waals surface area contributed by atoms with Crippen LogP contribution in [0.3, 0.4) is 0 Å². The first-order valence-corrected chi connectivity index (χ1v) is 10.2. The second kappa shape index (κ2) is 9.23. The fourth-order valence-electron chi connectivity index (χ4n) is 3.40. The molecule has 2 aromatic carbocycles. The van der Waals surface area contributed by atoms with E-state index in [1.165, 1.54) is 0 Å². The smallest absolute Gasteiger partial charge is 0.307 e. The van der Waals surface area contributed by atoms with E-state index in [0.29, 0.717) is 17.3 Å². The number of carbonyl (C=O) groups is 2. The molecule has 0 saturated carbocycles. The van der Waals surface area contributed by atoms with Crippen molar-refractivity contribution in [3.8, 4) is 0 Å². The molecule has 0 N–H and O–H groups in total. The molecule has 152 valence electrons. The van der Waals surface area contributed by atoms with Crippen molar-refractivity contribution in [1.29, 1.82) is 0 Å². The Kier molecular flexibility index (Phi) is 6.70. The summed E-state index contributed by atoms with van der Waals surface area (Å²) in [6.07, 6.45) is 0.118. The average Bonchev–Trinajstić information content (AvgIpc) is 2.81. The number of benzodiazepines with no additional fused rings is 1. The van der Waals surface area contributed by atoms with Crippen molar-refractivity contribution in [3.05, 3.63) is 64.7 Å². The molecule has 2 aromatic rings. The molecule has 0 fully saturated rings. The summed E-state index contributed by atoms with van der Waals surface area (Å²) in [5.41, 5.74) is 3.13. The molecule has 0 aliphatic carbocycles. The van der Waals surface area contributed by atoms with Gasteiger partial charge in [0.2, 0.25) is 0 Å². The number of benzene rings is 2. The minimum atomic E-state index is -0.557. The Balaban J connectivity index is 2.12. The van der Waals surface area contributed by atoms with Gasteiger partial charge in [0.15, 0.2) is 0 Å². The lowest BCUT2D eigenvalue weighted by Gasteiger charge is -2.26. The number of anilines is 1. The Hall–Kier alpha value is -2.66. The van der Waals surface area contributed by atoms with E-state index in [2.05, 4.69) is 0 Å². The highest BCUT2D eigenvalue weighted by atomic mass is 35.5. The molecule has 1 atom stereocenters. The third-order valence-corrected chi connectivity index (χ3v) is 5.05. The van der Waals surface area contributed by atoms with Crippen molar-refractivity contribution in [2.75, 3.05) is 18.1 Å². The first-order valence-electron chi connectivity index (χ1n) is 9.82.